The Bertz CT molecular complexity index is 369. The molecular weight excluding hydrogens is 250 g/mol. The summed E-state index contributed by atoms with van der Waals surface area (Å²) in [4.78, 5) is 11.9. The third kappa shape index (κ3) is 2.74. The van der Waals surface area contributed by atoms with Crippen molar-refractivity contribution in [3.63, 3.8) is 0 Å². The van der Waals surface area contributed by atoms with Crippen molar-refractivity contribution in [2.45, 2.75) is 84.8 Å². The summed E-state index contributed by atoms with van der Waals surface area (Å²) in [6.07, 6.45) is 5.66. The van der Waals surface area contributed by atoms with Crippen LogP contribution in [0.4, 0.5) is 0 Å². The van der Waals surface area contributed by atoms with Crippen LogP contribution in [0.3, 0.4) is 0 Å². The van der Waals surface area contributed by atoms with E-state index < -0.39 is 5.60 Å². The Morgan fingerprint density at radius 3 is 2.00 bits per heavy atom. The van der Waals surface area contributed by atoms with E-state index in [-0.39, 0.29) is 11.9 Å². The fraction of sp³-hybridized carbons (Fsp3) is 0.941. The summed E-state index contributed by atoms with van der Waals surface area (Å²) in [6, 6.07) is 0.251. The van der Waals surface area contributed by atoms with Crippen LogP contribution in [0.15, 0.2) is 0 Å². The summed E-state index contributed by atoms with van der Waals surface area (Å²) in [5.41, 5.74) is -0.369. The van der Waals surface area contributed by atoms with Gasteiger partial charge in [0.1, 0.15) is 5.60 Å². The van der Waals surface area contributed by atoms with Crippen molar-refractivity contribution in [3.05, 3.63) is 0 Å². The summed E-state index contributed by atoms with van der Waals surface area (Å²) in [5.74, 6) is 0.516. The highest BCUT2D eigenvalue weighted by Crippen LogP contribution is 2.54. The van der Waals surface area contributed by atoms with Gasteiger partial charge in [-0.2, -0.15) is 0 Å². The van der Waals surface area contributed by atoms with Crippen molar-refractivity contribution < 1.29 is 9.90 Å². The molecule has 2 fully saturated rings. The van der Waals surface area contributed by atoms with Gasteiger partial charge in [0.2, 0.25) is 0 Å². The predicted molar refractivity (Wildman–Crippen MR) is 81.3 cm³/mol. The van der Waals surface area contributed by atoms with Gasteiger partial charge in [-0.25, -0.2) is 0 Å². The highest BCUT2D eigenvalue weighted by Gasteiger charge is 2.50. The van der Waals surface area contributed by atoms with Crippen molar-refractivity contribution in [3.8, 4) is 0 Å². The summed E-state index contributed by atoms with van der Waals surface area (Å²) >= 11 is 0. The minimum Gasteiger partial charge on any atom is -0.380 e. The molecule has 116 valence electrons. The molecule has 0 heterocycles. The van der Waals surface area contributed by atoms with Crippen molar-refractivity contribution in [2.75, 3.05) is 0 Å². The first-order valence-corrected chi connectivity index (χ1v) is 8.14. The number of carbonyl (C=O) groups is 1. The van der Waals surface area contributed by atoms with Crippen LogP contribution in [0.2, 0.25) is 0 Å². The molecule has 0 aromatic heterocycles. The SMILES string of the molecule is CC(C)C1(C(C)(C)C)CCC(NC(=O)C2(O)CC2)CC1. The standard InChI is InChI=1S/C17H31NO2/c1-12(2)16(15(3,4)5)8-6-13(7-9-16)18-14(19)17(20)10-11-17/h12-13,20H,6-11H2,1-5H3,(H,18,19). The van der Waals surface area contributed by atoms with Gasteiger partial charge in [-0.1, -0.05) is 34.6 Å². The second-order valence-corrected chi connectivity index (χ2v) is 8.34. The Labute approximate surface area is 123 Å². The van der Waals surface area contributed by atoms with E-state index in [1.54, 1.807) is 0 Å². The first-order valence-electron chi connectivity index (χ1n) is 8.14. The molecule has 0 spiro atoms. The zero-order valence-corrected chi connectivity index (χ0v) is 13.8. The van der Waals surface area contributed by atoms with E-state index in [1.807, 2.05) is 0 Å². The lowest BCUT2D eigenvalue weighted by Crippen LogP contribution is -2.49. The average Bonchev–Trinajstić information content (AvgIpc) is 3.08. The van der Waals surface area contributed by atoms with Crippen molar-refractivity contribution in [1.29, 1.82) is 0 Å². The van der Waals surface area contributed by atoms with Gasteiger partial charge in [-0.15, -0.1) is 0 Å². The van der Waals surface area contributed by atoms with Crippen LogP contribution >= 0.6 is 0 Å². The zero-order chi connectivity index (χ0) is 15.2. The molecular formula is C17H31NO2. The first-order chi connectivity index (χ1) is 9.11. The molecule has 2 aliphatic carbocycles. The molecule has 0 atom stereocenters. The van der Waals surface area contributed by atoms with E-state index in [1.165, 1.54) is 0 Å². The monoisotopic (exact) mass is 281 g/mol. The van der Waals surface area contributed by atoms with Gasteiger partial charge >= 0.3 is 0 Å². The van der Waals surface area contributed by atoms with Gasteiger partial charge in [0.15, 0.2) is 0 Å². The molecule has 0 aliphatic heterocycles. The van der Waals surface area contributed by atoms with E-state index in [9.17, 15) is 9.90 Å². The maximum absolute atomic E-state index is 11.9. The summed E-state index contributed by atoms with van der Waals surface area (Å²) < 4.78 is 0. The van der Waals surface area contributed by atoms with Crippen LogP contribution in [-0.2, 0) is 4.79 Å². The average molecular weight is 281 g/mol. The third-order valence-electron chi connectivity index (χ3n) is 5.96. The quantitative estimate of drug-likeness (QED) is 0.834. The number of aliphatic hydroxyl groups is 1. The second-order valence-electron chi connectivity index (χ2n) is 8.34. The smallest absolute Gasteiger partial charge is 0.252 e. The van der Waals surface area contributed by atoms with Crippen LogP contribution in [0.1, 0.15) is 73.1 Å². The molecule has 0 aromatic rings. The maximum Gasteiger partial charge on any atom is 0.252 e. The van der Waals surface area contributed by atoms with E-state index in [0.717, 1.165) is 25.7 Å². The fourth-order valence-corrected chi connectivity index (χ4v) is 4.14. The van der Waals surface area contributed by atoms with Crippen molar-refractivity contribution in [1.82, 2.24) is 5.32 Å². The summed E-state index contributed by atoms with van der Waals surface area (Å²) in [6.45, 7) is 11.7. The van der Waals surface area contributed by atoms with E-state index in [2.05, 4.69) is 39.9 Å². The summed E-state index contributed by atoms with van der Waals surface area (Å²) in [7, 11) is 0. The number of amides is 1. The number of hydrogen-bond acceptors (Lipinski definition) is 2. The molecule has 20 heavy (non-hydrogen) atoms. The largest absolute Gasteiger partial charge is 0.380 e. The molecule has 3 nitrogen and oxygen atoms in total. The molecule has 0 unspecified atom stereocenters. The van der Waals surface area contributed by atoms with Gasteiger partial charge in [-0.3, -0.25) is 4.79 Å². The Morgan fingerprint density at radius 1 is 1.15 bits per heavy atom. The molecule has 2 N–H and O–H groups in total. The van der Waals surface area contributed by atoms with E-state index in [4.69, 9.17) is 0 Å². The highest BCUT2D eigenvalue weighted by atomic mass is 16.3. The Hall–Kier alpha value is -0.570. The van der Waals surface area contributed by atoms with Crippen molar-refractivity contribution in [2.24, 2.45) is 16.7 Å². The minimum atomic E-state index is -1.03. The molecule has 3 heteroatoms. The van der Waals surface area contributed by atoms with Gasteiger partial charge in [0, 0.05) is 6.04 Å². The number of carbonyl (C=O) groups excluding carboxylic acids is 1. The number of nitrogens with one attached hydrogen (secondary N) is 1. The Kier molecular flexibility index (Phi) is 3.96. The minimum absolute atomic E-state index is 0.143. The maximum atomic E-state index is 11.9. The van der Waals surface area contributed by atoms with Gasteiger partial charge < -0.3 is 10.4 Å². The summed E-state index contributed by atoms with van der Waals surface area (Å²) in [5, 5.41) is 12.9. The molecule has 2 aliphatic rings. The normalized spacial score (nSPS) is 33.0. The van der Waals surface area contributed by atoms with E-state index >= 15 is 0 Å². The number of hydrogen-bond donors (Lipinski definition) is 2. The molecule has 0 saturated heterocycles. The fourth-order valence-electron chi connectivity index (χ4n) is 4.14. The Morgan fingerprint density at radius 2 is 1.65 bits per heavy atom. The first kappa shape index (κ1) is 15.8. The highest BCUT2D eigenvalue weighted by molar-refractivity contribution is 5.87. The second kappa shape index (κ2) is 5.01. The van der Waals surface area contributed by atoms with Crippen LogP contribution in [0.5, 0.6) is 0 Å². The van der Waals surface area contributed by atoms with Crippen LogP contribution < -0.4 is 5.32 Å². The lowest BCUT2D eigenvalue weighted by Gasteiger charge is -2.52. The molecule has 1 amide bonds. The van der Waals surface area contributed by atoms with Crippen LogP contribution in [0, 0.1) is 16.7 Å². The Balaban J connectivity index is 1.95. The molecule has 0 radical (unpaired) electrons. The topological polar surface area (TPSA) is 49.3 Å². The van der Waals surface area contributed by atoms with Crippen molar-refractivity contribution >= 4 is 5.91 Å². The van der Waals surface area contributed by atoms with Gasteiger partial charge in [-0.05, 0) is 55.3 Å². The predicted octanol–water partition coefficient (Wildman–Crippen LogP) is 3.26. The lowest BCUT2D eigenvalue weighted by molar-refractivity contribution is -0.132. The molecule has 0 aromatic carbocycles. The van der Waals surface area contributed by atoms with Gasteiger partial charge in [0.05, 0.1) is 0 Å². The third-order valence-corrected chi connectivity index (χ3v) is 5.96. The molecule has 2 rings (SSSR count). The lowest BCUT2D eigenvalue weighted by atomic mass is 9.54. The van der Waals surface area contributed by atoms with Gasteiger partial charge in [0.25, 0.3) is 5.91 Å². The number of rotatable bonds is 3. The zero-order valence-electron chi connectivity index (χ0n) is 13.8. The van der Waals surface area contributed by atoms with E-state index in [0.29, 0.717) is 29.6 Å². The molecule has 0 bridgehead atoms. The van der Waals surface area contributed by atoms with Crippen LogP contribution in [-0.4, -0.2) is 22.7 Å². The molecule has 2 saturated carbocycles. The van der Waals surface area contributed by atoms with Crippen LogP contribution in [0.25, 0.3) is 0 Å².